The smallest absolute Gasteiger partial charge is 0.246 e. The number of carbonyl (C=O) groups excluding carboxylic acids is 5. The Morgan fingerprint density at radius 2 is 1.06 bits per heavy atom. The van der Waals surface area contributed by atoms with E-state index in [-0.39, 0.29) is 50.6 Å². The molecule has 0 radical (unpaired) electrons. The minimum atomic E-state index is -0.547. The zero-order valence-corrected chi connectivity index (χ0v) is 20.1. The molecule has 0 saturated carbocycles. The van der Waals surface area contributed by atoms with Gasteiger partial charge in [0.05, 0.1) is 0 Å². The summed E-state index contributed by atoms with van der Waals surface area (Å²) in [6, 6.07) is 0. The Balaban J connectivity index is 3.71. The van der Waals surface area contributed by atoms with Crippen LogP contribution in [0.25, 0.3) is 0 Å². The van der Waals surface area contributed by atoms with Crippen LogP contribution in [0.1, 0.15) is 71.1 Å². The van der Waals surface area contributed by atoms with Crippen molar-refractivity contribution in [3.8, 4) is 0 Å². The molecular formula is C21H39N5O8. The maximum atomic E-state index is 11.9. The van der Waals surface area contributed by atoms with Crippen LogP contribution >= 0.6 is 0 Å². The first-order valence-electron chi connectivity index (χ1n) is 11.5. The highest BCUT2D eigenvalue weighted by Crippen LogP contribution is 2.02. The fraction of sp³-hybridized carbons (Fsp3) is 0.762. The zero-order valence-electron chi connectivity index (χ0n) is 20.1. The van der Waals surface area contributed by atoms with Crippen LogP contribution < -0.4 is 10.6 Å². The fourth-order valence-corrected chi connectivity index (χ4v) is 2.77. The second kappa shape index (κ2) is 18.6. The van der Waals surface area contributed by atoms with Crippen molar-refractivity contribution in [1.82, 2.24) is 25.8 Å². The van der Waals surface area contributed by atoms with Crippen LogP contribution in [0.2, 0.25) is 0 Å². The lowest BCUT2D eigenvalue weighted by molar-refractivity contribution is -0.166. The Morgan fingerprint density at radius 3 is 1.50 bits per heavy atom. The Morgan fingerprint density at radius 1 is 0.618 bits per heavy atom. The molecule has 0 aromatic heterocycles. The summed E-state index contributed by atoms with van der Waals surface area (Å²) in [5.41, 5.74) is 0. The third-order valence-corrected chi connectivity index (χ3v) is 4.88. The summed E-state index contributed by atoms with van der Waals surface area (Å²) in [4.78, 5) is 57.3. The minimum Gasteiger partial charge on any atom is -0.356 e. The largest absolute Gasteiger partial charge is 0.356 e. The average Bonchev–Trinajstić information content (AvgIpc) is 2.79. The molecular weight excluding hydrogens is 450 g/mol. The molecule has 0 unspecified atom stereocenters. The molecule has 0 fully saturated rings. The van der Waals surface area contributed by atoms with E-state index in [9.17, 15) is 34.4 Å². The molecule has 0 spiro atoms. The Bertz CT molecular complexity index is 659. The van der Waals surface area contributed by atoms with Crippen molar-refractivity contribution in [3.63, 3.8) is 0 Å². The SMILES string of the molecule is CC(=O)N(O)CCCCCNC(=O)CCC(=O)N(O)CCCCCNC(=O)CCC(=O)N(C)O. The number of nitrogens with zero attached hydrogens (tertiary/aromatic N) is 3. The summed E-state index contributed by atoms with van der Waals surface area (Å²) >= 11 is 0. The number of hydrogen-bond donors (Lipinski definition) is 5. The van der Waals surface area contributed by atoms with E-state index < -0.39 is 17.7 Å². The van der Waals surface area contributed by atoms with Gasteiger partial charge in [-0.15, -0.1) is 0 Å². The predicted octanol–water partition coefficient (Wildman–Crippen LogP) is 0.423. The Kier molecular flexibility index (Phi) is 17.1. The summed E-state index contributed by atoms with van der Waals surface area (Å²) in [6.45, 7) is 2.45. The summed E-state index contributed by atoms with van der Waals surface area (Å²) < 4.78 is 0. The van der Waals surface area contributed by atoms with E-state index in [0.717, 1.165) is 6.42 Å². The minimum absolute atomic E-state index is 0.0141. The lowest BCUT2D eigenvalue weighted by atomic mass is 10.2. The van der Waals surface area contributed by atoms with Gasteiger partial charge in [-0.2, -0.15) is 0 Å². The van der Waals surface area contributed by atoms with E-state index in [0.29, 0.717) is 60.4 Å². The van der Waals surface area contributed by atoms with Gasteiger partial charge in [-0.25, -0.2) is 15.2 Å². The molecule has 0 aromatic carbocycles. The van der Waals surface area contributed by atoms with Gasteiger partial charge in [-0.05, 0) is 38.5 Å². The van der Waals surface area contributed by atoms with Gasteiger partial charge in [0.2, 0.25) is 29.5 Å². The third-order valence-electron chi connectivity index (χ3n) is 4.88. The second-order valence-electron chi connectivity index (χ2n) is 7.90. The predicted molar refractivity (Wildman–Crippen MR) is 119 cm³/mol. The lowest BCUT2D eigenvalue weighted by Crippen LogP contribution is -2.31. The maximum absolute atomic E-state index is 11.9. The Hall–Kier alpha value is -2.77. The van der Waals surface area contributed by atoms with Crippen molar-refractivity contribution >= 4 is 29.5 Å². The molecule has 13 nitrogen and oxygen atoms in total. The molecule has 13 heteroatoms. The molecule has 5 amide bonds. The van der Waals surface area contributed by atoms with Crippen LogP contribution in [0.3, 0.4) is 0 Å². The number of unbranched alkanes of at least 4 members (excludes halogenated alkanes) is 4. The molecule has 0 saturated heterocycles. The molecule has 0 aromatic rings. The summed E-state index contributed by atoms with van der Waals surface area (Å²) in [5, 5.41) is 34.9. The molecule has 0 heterocycles. The van der Waals surface area contributed by atoms with Gasteiger partial charge >= 0.3 is 0 Å². The normalized spacial score (nSPS) is 10.4. The summed E-state index contributed by atoms with van der Waals surface area (Å²) in [5.74, 6) is -2.10. The van der Waals surface area contributed by atoms with Gasteiger partial charge in [-0.3, -0.25) is 39.6 Å². The molecule has 196 valence electrons. The molecule has 0 bridgehead atoms. The standard InChI is InChI=1S/C21H39N5O8/c1-17(27)25(33)15-7-3-5-13-23-19(29)10-12-21(31)26(34)16-8-4-6-14-22-18(28)9-11-20(30)24(2)32/h32-34H,3-16H2,1-2H3,(H,22,28)(H,23,29). The zero-order chi connectivity index (χ0) is 25.9. The topological polar surface area (TPSA) is 180 Å². The molecule has 0 aliphatic carbocycles. The fourth-order valence-electron chi connectivity index (χ4n) is 2.77. The van der Waals surface area contributed by atoms with Crippen LogP contribution in [0, 0.1) is 0 Å². The first-order valence-corrected chi connectivity index (χ1v) is 11.5. The molecule has 0 rings (SSSR count). The van der Waals surface area contributed by atoms with E-state index in [4.69, 9.17) is 5.21 Å². The van der Waals surface area contributed by atoms with Gasteiger partial charge in [0.25, 0.3) is 0 Å². The van der Waals surface area contributed by atoms with Crippen LogP contribution in [0.4, 0.5) is 0 Å². The number of hydroxylamine groups is 6. The van der Waals surface area contributed by atoms with E-state index in [2.05, 4.69) is 10.6 Å². The number of hydrogen-bond acceptors (Lipinski definition) is 8. The number of carbonyl (C=O) groups is 5. The highest BCUT2D eigenvalue weighted by Gasteiger charge is 2.13. The van der Waals surface area contributed by atoms with Crippen LogP contribution in [0.5, 0.6) is 0 Å². The van der Waals surface area contributed by atoms with Crippen molar-refractivity contribution in [2.45, 2.75) is 71.1 Å². The van der Waals surface area contributed by atoms with Crippen molar-refractivity contribution in [2.75, 3.05) is 33.2 Å². The van der Waals surface area contributed by atoms with Gasteiger partial charge < -0.3 is 10.6 Å². The summed E-state index contributed by atoms with van der Waals surface area (Å²) in [6.07, 6.45) is 3.58. The molecule has 0 aliphatic rings. The highest BCUT2D eigenvalue weighted by molar-refractivity contribution is 5.83. The summed E-state index contributed by atoms with van der Waals surface area (Å²) in [7, 11) is 1.19. The average molecular weight is 490 g/mol. The number of nitrogens with one attached hydrogen (secondary N) is 2. The Labute approximate surface area is 199 Å². The maximum Gasteiger partial charge on any atom is 0.246 e. The van der Waals surface area contributed by atoms with E-state index >= 15 is 0 Å². The molecule has 5 N–H and O–H groups in total. The van der Waals surface area contributed by atoms with Gasteiger partial charge in [-0.1, -0.05) is 0 Å². The molecule has 0 aliphatic heterocycles. The van der Waals surface area contributed by atoms with E-state index in [1.165, 1.54) is 14.0 Å². The van der Waals surface area contributed by atoms with Crippen LogP contribution in [-0.2, 0) is 24.0 Å². The first-order chi connectivity index (χ1) is 16.0. The lowest BCUT2D eigenvalue weighted by Gasteiger charge is -2.15. The van der Waals surface area contributed by atoms with E-state index in [1.54, 1.807) is 0 Å². The van der Waals surface area contributed by atoms with Crippen LogP contribution in [-0.4, -0.2) is 93.6 Å². The van der Waals surface area contributed by atoms with Crippen molar-refractivity contribution in [1.29, 1.82) is 0 Å². The van der Waals surface area contributed by atoms with Crippen molar-refractivity contribution in [3.05, 3.63) is 0 Å². The number of rotatable bonds is 18. The monoisotopic (exact) mass is 489 g/mol. The molecule has 34 heavy (non-hydrogen) atoms. The van der Waals surface area contributed by atoms with Crippen molar-refractivity contribution < 1.29 is 39.6 Å². The van der Waals surface area contributed by atoms with Gasteiger partial charge in [0, 0.05) is 65.8 Å². The van der Waals surface area contributed by atoms with Crippen LogP contribution in [0.15, 0.2) is 0 Å². The third kappa shape index (κ3) is 16.8. The first kappa shape index (κ1) is 31.2. The van der Waals surface area contributed by atoms with E-state index in [1.807, 2.05) is 0 Å². The van der Waals surface area contributed by atoms with Gasteiger partial charge in [0.1, 0.15) is 0 Å². The van der Waals surface area contributed by atoms with Crippen molar-refractivity contribution in [2.24, 2.45) is 0 Å². The quantitative estimate of drug-likeness (QED) is 0.104. The molecule has 0 atom stereocenters. The van der Waals surface area contributed by atoms with Gasteiger partial charge in [0.15, 0.2) is 0 Å². The highest BCUT2D eigenvalue weighted by atomic mass is 16.5. The number of amides is 5. The second-order valence-corrected chi connectivity index (χ2v) is 7.90.